The van der Waals surface area contributed by atoms with Crippen LogP contribution in [0.4, 0.5) is 0 Å². The van der Waals surface area contributed by atoms with Gasteiger partial charge in [0.1, 0.15) is 5.82 Å². The number of H-pyrrole nitrogens is 1. The number of carboxylic acids is 1. The average molecular weight is 477 g/mol. The standard InChI is InChI=1S/C22H21ClN6O2.K.H/c1-2-3-8-18-24-20(23)19(22(30)31)29(18)13-14-9-11-15(12-10-14)16-6-4-5-7-17(16)21-25-27-28-26-21;;/h4-7,9-12H,2-3,8,13H2,1H3,(H,30,31)(H,25,26,27,28);;/q;+1;-1. The first kappa shape index (κ1) is 24.8. The Bertz CT molecular complexity index is 1200. The predicted octanol–water partition coefficient (Wildman–Crippen LogP) is 1.59. The number of aryl methyl sites for hydroxylation is 1. The summed E-state index contributed by atoms with van der Waals surface area (Å²) in [6.45, 7) is 2.46. The Morgan fingerprint density at radius 1 is 1.16 bits per heavy atom. The molecule has 8 nitrogen and oxygen atoms in total. The molecule has 2 aromatic heterocycles. The van der Waals surface area contributed by atoms with Crippen LogP contribution < -0.4 is 51.4 Å². The number of hydrogen-bond donors (Lipinski definition) is 2. The monoisotopic (exact) mass is 476 g/mol. The predicted molar refractivity (Wildman–Crippen MR) is 118 cm³/mol. The van der Waals surface area contributed by atoms with Gasteiger partial charge in [-0.15, -0.1) is 10.2 Å². The number of hydrogen-bond acceptors (Lipinski definition) is 5. The summed E-state index contributed by atoms with van der Waals surface area (Å²) in [4.78, 5) is 16.0. The second-order valence-electron chi connectivity index (χ2n) is 7.14. The molecule has 0 atom stereocenters. The second kappa shape index (κ2) is 11.3. The molecular formula is C22H22ClKN6O2. The minimum absolute atomic E-state index is 0. The van der Waals surface area contributed by atoms with E-state index in [-0.39, 0.29) is 63.7 Å². The molecule has 0 aliphatic carbocycles. The zero-order valence-electron chi connectivity index (χ0n) is 18.9. The smallest absolute Gasteiger partial charge is 1.00 e. The number of carboxylic acid groups (broad SMARTS) is 1. The first-order chi connectivity index (χ1) is 15.1. The van der Waals surface area contributed by atoms with Crippen molar-refractivity contribution in [2.75, 3.05) is 0 Å². The summed E-state index contributed by atoms with van der Waals surface area (Å²) in [5.41, 5.74) is 3.84. The van der Waals surface area contributed by atoms with E-state index in [1.165, 1.54) is 0 Å². The normalized spacial score (nSPS) is 10.7. The summed E-state index contributed by atoms with van der Waals surface area (Å²) < 4.78 is 1.70. The molecule has 0 spiro atoms. The van der Waals surface area contributed by atoms with Gasteiger partial charge in [-0.05, 0) is 28.3 Å². The molecule has 0 unspecified atom stereocenters. The molecule has 0 bridgehead atoms. The molecule has 4 rings (SSSR count). The molecule has 32 heavy (non-hydrogen) atoms. The molecule has 0 aliphatic heterocycles. The fraction of sp³-hybridized carbons (Fsp3) is 0.227. The van der Waals surface area contributed by atoms with Crippen molar-refractivity contribution in [3.63, 3.8) is 0 Å². The Morgan fingerprint density at radius 2 is 1.88 bits per heavy atom. The largest absolute Gasteiger partial charge is 1.00 e. The number of rotatable bonds is 8. The van der Waals surface area contributed by atoms with Gasteiger partial charge < -0.3 is 11.1 Å². The Balaban J connectivity index is 0.00000193. The summed E-state index contributed by atoms with van der Waals surface area (Å²) in [5.74, 6) is 0.140. The first-order valence-electron chi connectivity index (χ1n) is 9.98. The minimum atomic E-state index is -1.08. The van der Waals surface area contributed by atoms with E-state index in [2.05, 4.69) is 32.5 Å². The van der Waals surface area contributed by atoms with Crippen LogP contribution in [0.3, 0.4) is 0 Å². The molecule has 2 heterocycles. The second-order valence-corrected chi connectivity index (χ2v) is 7.50. The average Bonchev–Trinajstić information content (AvgIpc) is 3.41. The van der Waals surface area contributed by atoms with Crippen molar-refractivity contribution in [2.24, 2.45) is 0 Å². The van der Waals surface area contributed by atoms with E-state index in [1.807, 2.05) is 48.5 Å². The molecule has 10 heteroatoms. The van der Waals surface area contributed by atoms with Gasteiger partial charge in [0, 0.05) is 18.5 Å². The number of unbranched alkanes of at least 4 members (excludes halogenated alkanes) is 1. The van der Waals surface area contributed by atoms with Crippen molar-refractivity contribution in [2.45, 2.75) is 32.7 Å². The van der Waals surface area contributed by atoms with Crippen molar-refractivity contribution in [3.8, 4) is 22.5 Å². The van der Waals surface area contributed by atoms with Crippen LogP contribution in [0.15, 0.2) is 48.5 Å². The van der Waals surface area contributed by atoms with Gasteiger partial charge in [-0.25, -0.2) is 9.78 Å². The molecule has 0 radical (unpaired) electrons. The van der Waals surface area contributed by atoms with E-state index in [0.29, 0.717) is 24.6 Å². The molecule has 0 saturated carbocycles. The van der Waals surface area contributed by atoms with Crippen LogP contribution in [0.5, 0.6) is 0 Å². The fourth-order valence-electron chi connectivity index (χ4n) is 3.54. The number of aromatic amines is 1. The third-order valence-corrected chi connectivity index (χ3v) is 5.34. The van der Waals surface area contributed by atoms with Crippen molar-refractivity contribution in [1.29, 1.82) is 0 Å². The summed E-state index contributed by atoms with van der Waals surface area (Å²) >= 11 is 6.13. The molecule has 2 N–H and O–H groups in total. The molecular weight excluding hydrogens is 455 g/mol. The molecule has 0 fully saturated rings. The van der Waals surface area contributed by atoms with Crippen LogP contribution in [0, 0.1) is 0 Å². The molecule has 0 amide bonds. The van der Waals surface area contributed by atoms with Crippen LogP contribution in [-0.4, -0.2) is 41.3 Å². The summed E-state index contributed by atoms with van der Waals surface area (Å²) in [7, 11) is 0. The van der Waals surface area contributed by atoms with Crippen molar-refractivity contribution in [1.82, 2.24) is 30.2 Å². The van der Waals surface area contributed by atoms with Crippen LogP contribution in [0.2, 0.25) is 5.15 Å². The van der Waals surface area contributed by atoms with Gasteiger partial charge in [-0.2, -0.15) is 5.21 Å². The van der Waals surface area contributed by atoms with Crippen LogP contribution >= 0.6 is 11.6 Å². The van der Waals surface area contributed by atoms with Crippen molar-refractivity contribution < 1.29 is 62.7 Å². The van der Waals surface area contributed by atoms with Gasteiger partial charge in [0.05, 0.1) is 0 Å². The number of nitrogens with zero attached hydrogens (tertiary/aromatic N) is 5. The maximum atomic E-state index is 11.7. The number of aromatic nitrogens is 6. The zero-order chi connectivity index (χ0) is 21.8. The van der Waals surface area contributed by atoms with E-state index < -0.39 is 5.97 Å². The van der Waals surface area contributed by atoms with Crippen molar-refractivity contribution in [3.05, 3.63) is 70.8 Å². The summed E-state index contributed by atoms with van der Waals surface area (Å²) in [5, 5.41) is 23.9. The molecule has 160 valence electrons. The number of carbonyl (C=O) groups is 1. The molecule has 2 aromatic carbocycles. The topological polar surface area (TPSA) is 110 Å². The Morgan fingerprint density at radius 3 is 2.50 bits per heavy atom. The molecule has 4 aromatic rings. The third kappa shape index (κ3) is 5.36. The fourth-order valence-corrected chi connectivity index (χ4v) is 3.83. The number of aromatic carboxylic acids is 1. The number of imidazole rings is 1. The number of nitrogens with one attached hydrogen (secondary N) is 1. The van der Waals surface area contributed by atoms with E-state index in [9.17, 15) is 9.90 Å². The van der Waals surface area contributed by atoms with Gasteiger partial charge in [0.25, 0.3) is 0 Å². The maximum Gasteiger partial charge on any atom is 1.00 e. The quantitative estimate of drug-likeness (QED) is 0.374. The molecule has 0 saturated heterocycles. The maximum absolute atomic E-state index is 11.7. The Kier molecular flexibility index (Phi) is 8.75. The van der Waals surface area contributed by atoms with E-state index >= 15 is 0 Å². The van der Waals surface area contributed by atoms with Gasteiger partial charge in [0.2, 0.25) is 5.82 Å². The van der Waals surface area contributed by atoms with Gasteiger partial charge in [-0.3, -0.25) is 0 Å². The molecule has 0 aliphatic rings. The summed E-state index contributed by atoms with van der Waals surface area (Å²) in [6.07, 6.45) is 2.58. The first-order valence-corrected chi connectivity index (χ1v) is 10.4. The zero-order valence-corrected chi connectivity index (χ0v) is 21.8. The van der Waals surface area contributed by atoms with Gasteiger partial charge in [-0.1, -0.05) is 73.5 Å². The van der Waals surface area contributed by atoms with E-state index in [4.69, 9.17) is 11.6 Å². The van der Waals surface area contributed by atoms with Gasteiger partial charge in [0.15, 0.2) is 10.8 Å². The SMILES string of the molecule is CCCCc1nc(Cl)c(C(=O)O)n1Cc1ccc(-c2ccccc2-c2nn[nH]n2)cc1.[H-].[K+]. The van der Waals surface area contributed by atoms with Crippen molar-refractivity contribution >= 4 is 17.6 Å². The van der Waals surface area contributed by atoms with Crippen LogP contribution in [0.1, 0.15) is 43.1 Å². The third-order valence-electron chi connectivity index (χ3n) is 5.08. The number of halogens is 1. The number of tetrazole rings is 1. The van der Waals surface area contributed by atoms with Crippen LogP contribution in [0.25, 0.3) is 22.5 Å². The van der Waals surface area contributed by atoms with Crippen LogP contribution in [-0.2, 0) is 13.0 Å². The summed E-state index contributed by atoms with van der Waals surface area (Å²) in [6, 6.07) is 15.8. The van der Waals surface area contributed by atoms with E-state index in [0.717, 1.165) is 35.1 Å². The Hall–Kier alpha value is -1.88. The van der Waals surface area contributed by atoms with Gasteiger partial charge >= 0.3 is 57.4 Å². The minimum Gasteiger partial charge on any atom is -1.00 e. The van der Waals surface area contributed by atoms with E-state index in [1.54, 1.807) is 4.57 Å². The Labute approximate surface area is 234 Å². The number of benzene rings is 2.